The number of aryl methyl sites for hydroxylation is 1. The number of piperazine rings is 1. The minimum atomic E-state index is -4.65. The van der Waals surface area contributed by atoms with Crippen LogP contribution in [0.5, 0.6) is 0 Å². The second kappa shape index (κ2) is 7.94. The van der Waals surface area contributed by atoms with Crippen LogP contribution in [0.15, 0.2) is 22.7 Å². The van der Waals surface area contributed by atoms with Crippen LogP contribution in [0.1, 0.15) is 17.0 Å². The Kier molecular flexibility index (Phi) is 5.95. The van der Waals surface area contributed by atoms with Gasteiger partial charge < -0.3 is 9.80 Å². The zero-order valence-corrected chi connectivity index (χ0v) is 17.7. The Morgan fingerprint density at radius 1 is 1.21 bits per heavy atom. The summed E-state index contributed by atoms with van der Waals surface area (Å²) >= 11 is 9.22. The predicted molar refractivity (Wildman–Crippen MR) is 105 cm³/mol. The van der Waals surface area contributed by atoms with Crippen molar-refractivity contribution in [3.8, 4) is 0 Å². The first-order chi connectivity index (χ1) is 13.1. The fraction of sp³-hybridized carbons (Fsp3) is 0.444. The van der Waals surface area contributed by atoms with Gasteiger partial charge in [-0.25, -0.2) is 0 Å². The van der Waals surface area contributed by atoms with E-state index in [2.05, 4.69) is 32.0 Å². The number of carbonyl (C=O) groups is 1. The summed E-state index contributed by atoms with van der Waals surface area (Å²) in [4.78, 5) is 16.4. The molecule has 0 spiro atoms. The summed E-state index contributed by atoms with van der Waals surface area (Å²) in [6.07, 6.45) is -4.65. The average molecular weight is 480 g/mol. The molecular weight excluding hydrogens is 461 g/mol. The molecular formula is C18H19BrClF3N4O. The van der Waals surface area contributed by atoms with Crippen LogP contribution in [-0.4, -0.2) is 46.8 Å². The molecule has 3 rings (SSSR count). The minimum Gasteiger partial charge on any atom is -0.368 e. The summed E-state index contributed by atoms with van der Waals surface area (Å²) in [5, 5.41) is 3.03. The minimum absolute atomic E-state index is 0.131. The molecule has 0 atom stereocenters. The van der Waals surface area contributed by atoms with E-state index in [1.165, 1.54) is 6.92 Å². The van der Waals surface area contributed by atoms with Crippen LogP contribution in [-0.2, 0) is 17.5 Å². The van der Waals surface area contributed by atoms with Crippen molar-refractivity contribution in [2.75, 3.05) is 31.1 Å². The van der Waals surface area contributed by atoms with Crippen LogP contribution in [0.25, 0.3) is 0 Å². The maximum atomic E-state index is 12.9. The van der Waals surface area contributed by atoms with Crippen molar-refractivity contribution in [1.29, 1.82) is 0 Å². The van der Waals surface area contributed by atoms with Crippen molar-refractivity contribution in [2.24, 2.45) is 0 Å². The van der Waals surface area contributed by atoms with Crippen LogP contribution in [0, 0.1) is 13.8 Å². The second-order valence-corrected chi connectivity index (χ2v) is 7.94. The molecule has 2 heterocycles. The molecule has 10 heteroatoms. The number of anilines is 1. The van der Waals surface area contributed by atoms with Crippen LogP contribution >= 0.6 is 27.5 Å². The second-order valence-electron chi connectivity index (χ2n) is 6.70. The van der Waals surface area contributed by atoms with E-state index in [9.17, 15) is 18.0 Å². The zero-order chi connectivity index (χ0) is 20.6. The summed E-state index contributed by atoms with van der Waals surface area (Å²) in [6.45, 7) is 5.46. The number of hydrogen-bond acceptors (Lipinski definition) is 3. The monoisotopic (exact) mass is 478 g/mol. The largest absolute Gasteiger partial charge is 0.436 e. The maximum Gasteiger partial charge on any atom is 0.436 e. The Morgan fingerprint density at radius 3 is 2.39 bits per heavy atom. The molecule has 1 amide bonds. The molecule has 0 N–H and O–H groups in total. The lowest BCUT2D eigenvalue weighted by atomic mass is 10.2. The highest BCUT2D eigenvalue weighted by Crippen LogP contribution is 2.35. The van der Waals surface area contributed by atoms with Crippen LogP contribution in [0.3, 0.4) is 0 Å². The standard InChI is InChI=1S/C18H19BrClF3N4O/c1-11-9-13(3-4-14(11)19)25-5-7-26(8-6-25)15(28)10-27-12(2)16(20)17(24-27)18(21,22)23/h3-4,9H,5-8,10H2,1-2H3. The molecule has 0 radical (unpaired) electrons. The van der Waals surface area contributed by atoms with Crippen molar-refractivity contribution in [3.63, 3.8) is 0 Å². The van der Waals surface area contributed by atoms with Gasteiger partial charge in [0.2, 0.25) is 5.91 Å². The summed E-state index contributed by atoms with van der Waals surface area (Å²) in [5.74, 6) is -0.275. The molecule has 5 nitrogen and oxygen atoms in total. The fourth-order valence-corrected chi connectivity index (χ4v) is 3.62. The first-order valence-electron chi connectivity index (χ1n) is 8.67. The summed E-state index contributed by atoms with van der Waals surface area (Å²) in [7, 11) is 0. The number of aromatic nitrogens is 2. The van der Waals surface area contributed by atoms with Gasteiger partial charge in [-0.05, 0) is 37.6 Å². The van der Waals surface area contributed by atoms with Crippen molar-refractivity contribution >= 4 is 39.1 Å². The number of halogens is 5. The quantitative estimate of drug-likeness (QED) is 0.660. The Hall–Kier alpha value is -1.74. The third-order valence-electron chi connectivity index (χ3n) is 4.83. The molecule has 28 heavy (non-hydrogen) atoms. The van der Waals surface area contributed by atoms with Gasteiger partial charge in [0.25, 0.3) is 0 Å². The maximum absolute atomic E-state index is 12.9. The topological polar surface area (TPSA) is 41.4 Å². The van der Waals surface area contributed by atoms with Crippen molar-refractivity contribution < 1.29 is 18.0 Å². The first kappa shape index (κ1) is 21.0. The zero-order valence-electron chi connectivity index (χ0n) is 15.4. The smallest absolute Gasteiger partial charge is 0.368 e. The van der Waals surface area contributed by atoms with Crippen molar-refractivity contribution in [2.45, 2.75) is 26.6 Å². The Morgan fingerprint density at radius 2 is 1.86 bits per heavy atom. The van der Waals surface area contributed by atoms with E-state index in [-0.39, 0.29) is 18.1 Å². The van der Waals surface area contributed by atoms with Gasteiger partial charge in [-0.2, -0.15) is 18.3 Å². The van der Waals surface area contributed by atoms with E-state index in [4.69, 9.17) is 11.6 Å². The van der Waals surface area contributed by atoms with Gasteiger partial charge in [0.1, 0.15) is 6.54 Å². The van der Waals surface area contributed by atoms with Gasteiger partial charge in [-0.1, -0.05) is 27.5 Å². The molecule has 0 bridgehead atoms. The van der Waals surface area contributed by atoms with Crippen LogP contribution in [0.2, 0.25) is 5.02 Å². The number of carbonyl (C=O) groups excluding carboxylic acids is 1. The number of benzene rings is 1. The van der Waals surface area contributed by atoms with E-state index in [0.717, 1.165) is 20.4 Å². The number of hydrogen-bond donors (Lipinski definition) is 0. The number of amides is 1. The fourth-order valence-electron chi connectivity index (χ4n) is 3.13. The van der Waals surface area contributed by atoms with Gasteiger partial charge in [-0.15, -0.1) is 0 Å². The normalized spacial score (nSPS) is 15.2. The molecule has 1 fully saturated rings. The summed E-state index contributed by atoms with van der Waals surface area (Å²) < 4.78 is 40.8. The Labute approximate surface area is 174 Å². The van der Waals surface area contributed by atoms with E-state index >= 15 is 0 Å². The molecule has 2 aromatic rings. The van der Waals surface area contributed by atoms with E-state index < -0.39 is 16.9 Å². The number of nitrogens with zero attached hydrogens (tertiary/aromatic N) is 4. The molecule has 0 unspecified atom stereocenters. The first-order valence-corrected chi connectivity index (χ1v) is 9.84. The molecule has 0 aliphatic carbocycles. The summed E-state index contributed by atoms with van der Waals surface area (Å²) in [5.41, 5.74) is 1.18. The Balaban J connectivity index is 1.64. The average Bonchev–Trinajstić information content (AvgIpc) is 2.92. The van der Waals surface area contributed by atoms with Crippen molar-refractivity contribution in [1.82, 2.24) is 14.7 Å². The predicted octanol–water partition coefficient (Wildman–Crippen LogP) is 4.28. The van der Waals surface area contributed by atoms with Crippen LogP contribution in [0.4, 0.5) is 18.9 Å². The van der Waals surface area contributed by atoms with Crippen LogP contribution < -0.4 is 4.90 Å². The lowest BCUT2D eigenvalue weighted by Crippen LogP contribution is -2.49. The van der Waals surface area contributed by atoms with Gasteiger partial charge >= 0.3 is 6.18 Å². The molecule has 1 aliphatic heterocycles. The molecule has 1 aromatic heterocycles. The highest BCUT2D eigenvalue weighted by Gasteiger charge is 2.38. The lowest BCUT2D eigenvalue weighted by molar-refractivity contribution is -0.142. The molecule has 1 saturated heterocycles. The molecule has 1 aromatic carbocycles. The number of alkyl halides is 3. The van der Waals surface area contributed by atoms with Crippen molar-refractivity contribution in [3.05, 3.63) is 44.6 Å². The lowest BCUT2D eigenvalue weighted by Gasteiger charge is -2.36. The van der Waals surface area contributed by atoms with Gasteiger partial charge in [0, 0.05) is 36.3 Å². The highest BCUT2D eigenvalue weighted by molar-refractivity contribution is 9.10. The third-order valence-corrected chi connectivity index (χ3v) is 6.17. The summed E-state index contributed by atoms with van der Waals surface area (Å²) in [6, 6.07) is 6.09. The third kappa shape index (κ3) is 4.30. The molecule has 0 saturated carbocycles. The highest BCUT2D eigenvalue weighted by atomic mass is 79.9. The molecule has 1 aliphatic rings. The van der Waals surface area contributed by atoms with E-state index in [0.29, 0.717) is 26.2 Å². The van der Waals surface area contributed by atoms with Gasteiger partial charge in [0.05, 0.1) is 10.7 Å². The SMILES string of the molecule is Cc1cc(N2CCN(C(=O)Cn3nc(C(F)(F)F)c(Cl)c3C)CC2)ccc1Br. The van der Waals surface area contributed by atoms with E-state index in [1.54, 1.807) is 4.90 Å². The van der Waals surface area contributed by atoms with Gasteiger partial charge in [0.15, 0.2) is 5.69 Å². The van der Waals surface area contributed by atoms with E-state index in [1.807, 2.05) is 19.1 Å². The van der Waals surface area contributed by atoms with Gasteiger partial charge in [-0.3, -0.25) is 9.48 Å². The Bertz CT molecular complexity index is 892. The number of rotatable bonds is 3. The molecule has 152 valence electrons.